The normalized spacial score (nSPS) is 11.9. The minimum absolute atomic E-state index is 0.0323. The lowest BCUT2D eigenvalue weighted by molar-refractivity contribution is 0.350. The van der Waals surface area contributed by atoms with E-state index in [0.29, 0.717) is 33.1 Å². The molecule has 11 aromatic rings. The van der Waals surface area contributed by atoms with Gasteiger partial charge in [-0.25, -0.2) is 0 Å². The molecule has 59 heavy (non-hydrogen) atoms. The van der Waals surface area contributed by atoms with E-state index in [2.05, 4.69) is 24.3 Å². The second kappa shape index (κ2) is 12.1. The highest BCUT2D eigenvalue weighted by molar-refractivity contribution is 6.32. The first kappa shape index (κ1) is 34.0. The van der Waals surface area contributed by atoms with Crippen molar-refractivity contribution in [3.05, 3.63) is 133 Å². The highest BCUT2D eigenvalue weighted by Crippen LogP contribution is 2.62. The van der Waals surface area contributed by atoms with Crippen LogP contribution >= 0.6 is 0 Å². The van der Waals surface area contributed by atoms with Gasteiger partial charge < -0.3 is 45.3 Å². The van der Waals surface area contributed by atoms with Crippen molar-refractivity contribution in [1.29, 1.82) is 0 Å². The van der Waals surface area contributed by atoms with Crippen LogP contribution in [0, 0.1) is 0 Å². The van der Waals surface area contributed by atoms with Gasteiger partial charge in [-0.3, -0.25) is 0 Å². The molecule has 0 aliphatic heterocycles. The number of fused-ring (bicyclic) bond motifs is 10. The summed E-state index contributed by atoms with van der Waals surface area (Å²) in [6.07, 6.45) is 0. The van der Waals surface area contributed by atoms with Crippen molar-refractivity contribution in [2.24, 2.45) is 0 Å². The molecular weight excluding hydrogens is 745 g/mol. The first-order valence-electron chi connectivity index (χ1n) is 18.7. The summed E-state index contributed by atoms with van der Waals surface area (Å²) >= 11 is 0. The van der Waals surface area contributed by atoms with E-state index in [0.717, 1.165) is 43.4 Å². The Morgan fingerprint density at radius 3 is 1.41 bits per heavy atom. The number of hydrogen-bond acceptors (Lipinski definition) is 9. The summed E-state index contributed by atoms with van der Waals surface area (Å²) in [5, 5.41) is 98.1. The predicted octanol–water partition coefficient (Wildman–Crippen LogP) is 12.0. The third kappa shape index (κ3) is 4.55. The monoisotopic (exact) mass is 774 g/mol. The molecule has 1 heterocycles. The average Bonchev–Trinajstić information content (AvgIpc) is 3.67. The van der Waals surface area contributed by atoms with Crippen LogP contribution in [0.4, 0.5) is 0 Å². The molecule has 0 aliphatic carbocycles. The van der Waals surface area contributed by atoms with Gasteiger partial charge in [0.25, 0.3) is 0 Å². The fourth-order valence-corrected chi connectivity index (χ4v) is 9.06. The van der Waals surface area contributed by atoms with Crippen molar-refractivity contribution >= 4 is 75.8 Å². The Balaban J connectivity index is 1.28. The molecule has 284 valence electrons. The lowest BCUT2D eigenvalue weighted by atomic mass is 9.82. The molecule has 0 spiro atoms. The van der Waals surface area contributed by atoms with Gasteiger partial charge in [0.2, 0.25) is 23.0 Å². The number of hydrogen-bond donors (Lipinski definition) is 8. The molecule has 11 rings (SSSR count). The number of phenolic OH excluding ortho intramolecular Hbond substituents is 8. The summed E-state index contributed by atoms with van der Waals surface area (Å²) in [4.78, 5) is 0. The standard InChI is InChI=1S/C50H30O9/c51-42-38-35(27-19-16-25(17-20-27)29-12-5-9-26-18-15-23-7-1-3-10-28(23)34(26)29)39-41(45(54)49(58)47(56)43(39)52)37(40(38)44(53)48(57)46(42)55)31-13-6-14-33-36(31)32-22-21-24-8-2-4-11-30(24)50(32)59-33/h1-22,51-58H. The fraction of sp³-hybridized carbons (Fsp3) is 0. The van der Waals surface area contributed by atoms with E-state index in [9.17, 15) is 40.9 Å². The molecule has 0 atom stereocenters. The van der Waals surface area contributed by atoms with Crippen molar-refractivity contribution in [1.82, 2.24) is 0 Å². The van der Waals surface area contributed by atoms with Crippen LogP contribution in [0.25, 0.3) is 109 Å². The smallest absolute Gasteiger partial charge is 0.204 e. The van der Waals surface area contributed by atoms with Crippen LogP contribution < -0.4 is 0 Å². The van der Waals surface area contributed by atoms with Crippen LogP contribution in [0.1, 0.15) is 0 Å². The highest BCUT2D eigenvalue weighted by atomic mass is 16.4. The molecule has 0 bridgehead atoms. The van der Waals surface area contributed by atoms with Crippen molar-refractivity contribution in [3.63, 3.8) is 0 Å². The van der Waals surface area contributed by atoms with Crippen LogP contribution in [0.3, 0.4) is 0 Å². The molecule has 9 nitrogen and oxygen atoms in total. The zero-order valence-corrected chi connectivity index (χ0v) is 30.7. The summed E-state index contributed by atoms with van der Waals surface area (Å²) in [7, 11) is 0. The summed E-state index contributed by atoms with van der Waals surface area (Å²) < 4.78 is 6.43. The maximum Gasteiger partial charge on any atom is 0.204 e. The van der Waals surface area contributed by atoms with E-state index in [-0.39, 0.29) is 32.7 Å². The zero-order valence-electron chi connectivity index (χ0n) is 30.7. The van der Waals surface area contributed by atoms with Gasteiger partial charge in [-0.15, -0.1) is 0 Å². The van der Waals surface area contributed by atoms with Gasteiger partial charge in [-0.05, 0) is 61.3 Å². The molecule has 0 saturated carbocycles. The van der Waals surface area contributed by atoms with Crippen LogP contribution in [-0.2, 0) is 0 Å². The number of benzene rings is 10. The summed E-state index contributed by atoms with van der Waals surface area (Å²) in [5.74, 6) is -7.55. The van der Waals surface area contributed by atoms with Gasteiger partial charge in [-0.2, -0.15) is 0 Å². The Bertz CT molecular complexity index is 3560. The Hall–Kier alpha value is -8.30. The molecule has 9 heteroatoms. The number of furan rings is 1. The highest BCUT2D eigenvalue weighted by Gasteiger charge is 2.33. The lowest BCUT2D eigenvalue weighted by Crippen LogP contribution is -1.95. The van der Waals surface area contributed by atoms with E-state index in [4.69, 9.17) is 4.42 Å². The summed E-state index contributed by atoms with van der Waals surface area (Å²) in [6, 6.07) is 41.9. The minimum Gasteiger partial charge on any atom is -0.504 e. The third-order valence-electron chi connectivity index (χ3n) is 11.7. The Kier molecular flexibility index (Phi) is 6.97. The molecule has 0 radical (unpaired) electrons. The molecule has 8 N–H and O–H groups in total. The second-order valence-corrected chi connectivity index (χ2v) is 14.8. The van der Waals surface area contributed by atoms with Crippen molar-refractivity contribution in [3.8, 4) is 79.4 Å². The lowest BCUT2D eigenvalue weighted by Gasteiger charge is -2.23. The zero-order chi connectivity index (χ0) is 40.4. The van der Waals surface area contributed by atoms with E-state index in [1.54, 1.807) is 30.3 Å². The Labute approximate surface area is 333 Å². The van der Waals surface area contributed by atoms with Crippen molar-refractivity contribution in [2.45, 2.75) is 0 Å². The molecular formula is C50H30O9. The number of aromatic hydroxyl groups is 8. The van der Waals surface area contributed by atoms with Gasteiger partial charge in [0.1, 0.15) is 11.2 Å². The maximum absolute atomic E-state index is 11.9. The van der Waals surface area contributed by atoms with Gasteiger partial charge in [0.15, 0.2) is 23.0 Å². The van der Waals surface area contributed by atoms with Gasteiger partial charge in [-0.1, -0.05) is 121 Å². The molecule has 10 aromatic carbocycles. The first-order chi connectivity index (χ1) is 28.6. The molecule has 0 saturated heterocycles. The van der Waals surface area contributed by atoms with E-state index >= 15 is 0 Å². The van der Waals surface area contributed by atoms with Gasteiger partial charge in [0, 0.05) is 48.8 Å². The SMILES string of the molecule is Oc1c(O)c(O)c2c(-c3cccc4oc5c6ccccc6ccc5c34)c3c(O)c(O)c(O)c(O)c3c(-c3ccc(-c4cccc5ccc6ccccc6c45)cc3)c2c1O. The third-order valence-corrected chi connectivity index (χ3v) is 11.7. The summed E-state index contributed by atoms with van der Waals surface area (Å²) in [6.45, 7) is 0. The predicted molar refractivity (Wildman–Crippen MR) is 231 cm³/mol. The maximum atomic E-state index is 11.9. The molecule has 0 aliphatic rings. The average molecular weight is 775 g/mol. The quantitative estimate of drug-likeness (QED) is 0.0376. The molecule has 0 amide bonds. The Morgan fingerprint density at radius 2 is 0.763 bits per heavy atom. The minimum atomic E-state index is -1.04. The first-order valence-corrected chi connectivity index (χ1v) is 18.7. The van der Waals surface area contributed by atoms with Gasteiger partial charge >= 0.3 is 0 Å². The van der Waals surface area contributed by atoms with E-state index in [1.165, 1.54) is 0 Å². The van der Waals surface area contributed by atoms with Crippen LogP contribution in [0.2, 0.25) is 0 Å². The molecule has 1 aromatic heterocycles. The Morgan fingerprint density at radius 1 is 0.288 bits per heavy atom. The van der Waals surface area contributed by atoms with Crippen molar-refractivity contribution < 1.29 is 45.3 Å². The fourth-order valence-electron chi connectivity index (χ4n) is 9.06. The van der Waals surface area contributed by atoms with Crippen molar-refractivity contribution in [2.75, 3.05) is 0 Å². The topological polar surface area (TPSA) is 175 Å². The molecule has 0 fully saturated rings. The van der Waals surface area contributed by atoms with E-state index in [1.807, 2.05) is 78.9 Å². The largest absolute Gasteiger partial charge is 0.504 e. The second-order valence-electron chi connectivity index (χ2n) is 14.8. The summed E-state index contributed by atoms with van der Waals surface area (Å²) in [5.41, 5.74) is 3.27. The number of phenols is 8. The van der Waals surface area contributed by atoms with E-state index < -0.39 is 46.0 Å². The van der Waals surface area contributed by atoms with Gasteiger partial charge in [0.05, 0.1) is 0 Å². The molecule has 0 unspecified atom stereocenters. The van der Waals surface area contributed by atoms with Crippen LogP contribution in [0.5, 0.6) is 46.0 Å². The number of rotatable bonds is 3. The van der Waals surface area contributed by atoms with Crippen LogP contribution in [0.15, 0.2) is 138 Å². The van der Waals surface area contributed by atoms with Crippen LogP contribution in [-0.4, -0.2) is 40.9 Å².